The Hall–Kier alpha value is -0.120. The molecule has 0 amide bonds. The van der Waals surface area contributed by atoms with E-state index in [2.05, 4.69) is 31.1 Å². The van der Waals surface area contributed by atoms with E-state index < -0.39 is 0 Å². The summed E-state index contributed by atoms with van der Waals surface area (Å²) in [5, 5.41) is 3.64. The lowest BCUT2D eigenvalue weighted by molar-refractivity contribution is 0.0806. The molecular formula is C16H32N2O. The molecule has 0 aromatic rings. The lowest BCUT2D eigenvalue weighted by atomic mass is 9.85. The van der Waals surface area contributed by atoms with E-state index in [1.165, 1.54) is 38.5 Å². The van der Waals surface area contributed by atoms with Crippen LogP contribution in [0.2, 0.25) is 0 Å². The molecule has 3 heteroatoms. The maximum atomic E-state index is 5.73. The third-order valence-electron chi connectivity index (χ3n) is 5.09. The minimum atomic E-state index is 0.443. The van der Waals surface area contributed by atoms with Gasteiger partial charge in [0.2, 0.25) is 0 Å². The first-order chi connectivity index (χ1) is 9.18. The average molecular weight is 268 g/mol. The van der Waals surface area contributed by atoms with Crippen molar-refractivity contribution in [1.29, 1.82) is 0 Å². The third-order valence-corrected chi connectivity index (χ3v) is 5.09. The number of hydrogen-bond donors (Lipinski definition) is 1. The van der Waals surface area contributed by atoms with E-state index in [1.54, 1.807) is 0 Å². The van der Waals surface area contributed by atoms with Crippen LogP contribution in [0.1, 0.15) is 52.4 Å². The van der Waals surface area contributed by atoms with Crippen molar-refractivity contribution in [1.82, 2.24) is 10.2 Å². The van der Waals surface area contributed by atoms with Gasteiger partial charge in [-0.05, 0) is 45.6 Å². The Balaban J connectivity index is 1.63. The second kappa shape index (κ2) is 7.61. The van der Waals surface area contributed by atoms with Gasteiger partial charge in [-0.3, -0.25) is 0 Å². The Morgan fingerprint density at radius 2 is 2.00 bits per heavy atom. The molecule has 4 unspecified atom stereocenters. The van der Waals surface area contributed by atoms with Crippen LogP contribution in [-0.4, -0.2) is 49.8 Å². The summed E-state index contributed by atoms with van der Waals surface area (Å²) < 4.78 is 5.73. The highest BCUT2D eigenvalue weighted by molar-refractivity contribution is 4.81. The fraction of sp³-hybridized carbons (Fsp3) is 1.00. The summed E-state index contributed by atoms with van der Waals surface area (Å²) >= 11 is 0. The van der Waals surface area contributed by atoms with Gasteiger partial charge in [0.15, 0.2) is 0 Å². The van der Waals surface area contributed by atoms with Crippen molar-refractivity contribution >= 4 is 0 Å². The van der Waals surface area contributed by atoms with Crippen LogP contribution < -0.4 is 5.32 Å². The van der Waals surface area contributed by atoms with Gasteiger partial charge >= 0.3 is 0 Å². The molecule has 4 atom stereocenters. The molecule has 0 radical (unpaired) electrons. The summed E-state index contributed by atoms with van der Waals surface area (Å²) in [4.78, 5) is 2.57. The van der Waals surface area contributed by atoms with Crippen LogP contribution in [0.25, 0.3) is 0 Å². The van der Waals surface area contributed by atoms with Crippen molar-refractivity contribution < 1.29 is 4.74 Å². The zero-order valence-corrected chi connectivity index (χ0v) is 13.0. The third kappa shape index (κ3) is 4.44. The van der Waals surface area contributed by atoms with Crippen LogP contribution in [0.3, 0.4) is 0 Å². The zero-order chi connectivity index (χ0) is 13.7. The van der Waals surface area contributed by atoms with Gasteiger partial charge < -0.3 is 15.0 Å². The van der Waals surface area contributed by atoms with Crippen LogP contribution in [0.4, 0.5) is 0 Å². The largest absolute Gasteiger partial charge is 0.377 e. The van der Waals surface area contributed by atoms with E-state index in [0.29, 0.717) is 12.1 Å². The molecule has 0 aromatic heterocycles. The van der Waals surface area contributed by atoms with Crippen LogP contribution in [-0.2, 0) is 4.74 Å². The van der Waals surface area contributed by atoms with Gasteiger partial charge in [0.25, 0.3) is 0 Å². The van der Waals surface area contributed by atoms with Gasteiger partial charge in [-0.2, -0.15) is 0 Å². The first kappa shape index (κ1) is 15.3. The highest BCUT2D eigenvalue weighted by Gasteiger charge is 2.25. The van der Waals surface area contributed by atoms with E-state index in [0.717, 1.165) is 31.7 Å². The number of ether oxygens (including phenoxy) is 1. The van der Waals surface area contributed by atoms with Crippen molar-refractivity contribution in [2.45, 2.75) is 70.6 Å². The summed E-state index contributed by atoms with van der Waals surface area (Å²) in [6.45, 7) is 7.88. The maximum Gasteiger partial charge on any atom is 0.0726 e. The number of hydrogen-bond acceptors (Lipinski definition) is 3. The molecule has 0 bridgehead atoms. The Labute approximate surface area is 119 Å². The molecule has 112 valence electrons. The Morgan fingerprint density at radius 3 is 2.68 bits per heavy atom. The smallest absolute Gasteiger partial charge is 0.0726 e. The molecule has 1 heterocycles. The molecule has 1 saturated carbocycles. The predicted molar refractivity (Wildman–Crippen MR) is 80.5 cm³/mol. The van der Waals surface area contributed by atoms with Gasteiger partial charge in [0.1, 0.15) is 0 Å². The van der Waals surface area contributed by atoms with E-state index >= 15 is 0 Å². The lowest BCUT2D eigenvalue weighted by Crippen LogP contribution is -2.45. The van der Waals surface area contributed by atoms with Gasteiger partial charge in [-0.15, -0.1) is 0 Å². The molecule has 2 fully saturated rings. The van der Waals surface area contributed by atoms with Crippen LogP contribution in [0.5, 0.6) is 0 Å². The van der Waals surface area contributed by atoms with Gasteiger partial charge in [-0.1, -0.05) is 19.8 Å². The van der Waals surface area contributed by atoms with Crippen molar-refractivity contribution in [3.05, 3.63) is 0 Å². The Bertz CT molecular complexity index is 253. The first-order valence-electron chi connectivity index (χ1n) is 8.23. The fourth-order valence-electron chi connectivity index (χ4n) is 3.71. The highest BCUT2D eigenvalue weighted by atomic mass is 16.5. The summed E-state index contributed by atoms with van der Waals surface area (Å²) in [5.74, 6) is 0.870. The van der Waals surface area contributed by atoms with Gasteiger partial charge in [0.05, 0.1) is 6.10 Å². The highest BCUT2D eigenvalue weighted by Crippen LogP contribution is 2.27. The molecular weight excluding hydrogens is 236 g/mol. The van der Waals surface area contributed by atoms with E-state index in [-0.39, 0.29) is 0 Å². The first-order valence-corrected chi connectivity index (χ1v) is 8.23. The summed E-state index contributed by atoms with van der Waals surface area (Å²) in [5.41, 5.74) is 0. The second-order valence-corrected chi connectivity index (χ2v) is 6.60. The average Bonchev–Trinajstić information content (AvgIpc) is 2.93. The van der Waals surface area contributed by atoms with Crippen LogP contribution >= 0.6 is 0 Å². The number of nitrogens with one attached hydrogen (secondary N) is 1. The minimum absolute atomic E-state index is 0.443. The molecule has 0 aromatic carbocycles. The molecule has 1 N–H and O–H groups in total. The van der Waals surface area contributed by atoms with Crippen LogP contribution in [0, 0.1) is 5.92 Å². The predicted octanol–water partition coefficient (Wildman–Crippen LogP) is 2.65. The second-order valence-electron chi connectivity index (χ2n) is 6.60. The lowest BCUT2D eigenvalue weighted by Gasteiger charge is -2.36. The molecule has 2 rings (SSSR count). The van der Waals surface area contributed by atoms with Crippen LogP contribution in [0.15, 0.2) is 0 Å². The summed E-state index contributed by atoms with van der Waals surface area (Å²) in [6, 6.07) is 1.30. The van der Waals surface area contributed by atoms with Crippen molar-refractivity contribution in [2.24, 2.45) is 5.92 Å². The Kier molecular flexibility index (Phi) is 6.11. The van der Waals surface area contributed by atoms with E-state index in [4.69, 9.17) is 4.74 Å². The molecule has 1 saturated heterocycles. The topological polar surface area (TPSA) is 24.5 Å². The maximum absolute atomic E-state index is 5.73. The summed E-state index contributed by atoms with van der Waals surface area (Å²) in [7, 11) is 2.30. The normalized spacial score (nSPS) is 33.8. The number of rotatable bonds is 6. The summed E-state index contributed by atoms with van der Waals surface area (Å²) in [6.07, 6.45) is 8.55. The molecule has 0 spiro atoms. The van der Waals surface area contributed by atoms with Gasteiger partial charge in [0, 0.05) is 31.8 Å². The number of likely N-dealkylation sites (N-methyl/N-ethyl adjacent to an activating group) is 1. The van der Waals surface area contributed by atoms with E-state index in [1.807, 2.05) is 0 Å². The molecule has 2 aliphatic rings. The molecule has 1 aliphatic carbocycles. The fourth-order valence-corrected chi connectivity index (χ4v) is 3.71. The quantitative estimate of drug-likeness (QED) is 0.801. The monoisotopic (exact) mass is 268 g/mol. The zero-order valence-electron chi connectivity index (χ0n) is 13.0. The molecule has 1 aliphatic heterocycles. The van der Waals surface area contributed by atoms with E-state index in [9.17, 15) is 0 Å². The number of nitrogens with zero attached hydrogens (tertiary/aromatic N) is 1. The minimum Gasteiger partial charge on any atom is -0.377 e. The van der Waals surface area contributed by atoms with Crippen molar-refractivity contribution in [3.8, 4) is 0 Å². The van der Waals surface area contributed by atoms with Crippen molar-refractivity contribution in [2.75, 3.05) is 26.7 Å². The standard InChI is InChI=1S/C16H32N2O/c1-13-7-4-5-8-15(13)18(3)11-10-17-14(2)16-9-6-12-19-16/h13-17H,4-12H2,1-3H3. The van der Waals surface area contributed by atoms with Crippen molar-refractivity contribution in [3.63, 3.8) is 0 Å². The SMILES string of the molecule is CC1CCCCC1N(C)CCNC(C)C1CCCO1. The van der Waals surface area contributed by atoms with Gasteiger partial charge in [-0.25, -0.2) is 0 Å². The molecule has 19 heavy (non-hydrogen) atoms. The Morgan fingerprint density at radius 1 is 1.21 bits per heavy atom. The molecule has 3 nitrogen and oxygen atoms in total.